The van der Waals surface area contributed by atoms with Gasteiger partial charge < -0.3 is 10.1 Å². The highest BCUT2D eigenvalue weighted by molar-refractivity contribution is 7.07. The van der Waals surface area contributed by atoms with Crippen molar-refractivity contribution in [2.75, 3.05) is 13.2 Å². The number of ether oxygens (including phenoxy) is 1. The van der Waals surface area contributed by atoms with Gasteiger partial charge in [-0.1, -0.05) is 25.1 Å². The van der Waals surface area contributed by atoms with E-state index >= 15 is 0 Å². The first kappa shape index (κ1) is 12.6. The van der Waals surface area contributed by atoms with Crippen molar-refractivity contribution in [3.63, 3.8) is 0 Å². The molecule has 1 aliphatic rings. The van der Waals surface area contributed by atoms with Crippen LogP contribution in [0, 0.1) is 0 Å². The van der Waals surface area contributed by atoms with Gasteiger partial charge in [-0.2, -0.15) is 0 Å². The third-order valence-electron chi connectivity index (χ3n) is 3.43. The van der Waals surface area contributed by atoms with Gasteiger partial charge >= 0.3 is 0 Å². The first-order chi connectivity index (χ1) is 9.40. The molecule has 1 unspecified atom stereocenters. The van der Waals surface area contributed by atoms with Crippen molar-refractivity contribution in [3.8, 4) is 5.75 Å². The molecule has 1 aliphatic heterocycles. The molecule has 100 valence electrons. The van der Waals surface area contributed by atoms with Crippen molar-refractivity contribution in [2.24, 2.45) is 0 Å². The molecule has 0 aliphatic carbocycles. The van der Waals surface area contributed by atoms with Gasteiger partial charge in [0.15, 0.2) is 0 Å². The normalized spacial score (nSPS) is 15.6. The smallest absolute Gasteiger partial charge is 0.127 e. The molecular formula is C15H18N2OS. The summed E-state index contributed by atoms with van der Waals surface area (Å²) in [4.78, 5) is 4.46. The summed E-state index contributed by atoms with van der Waals surface area (Å²) in [7, 11) is 0. The zero-order valence-electron chi connectivity index (χ0n) is 11.1. The van der Waals surface area contributed by atoms with Crippen molar-refractivity contribution in [1.82, 2.24) is 10.3 Å². The van der Waals surface area contributed by atoms with Crippen LogP contribution in [0.15, 0.2) is 29.1 Å². The minimum Gasteiger partial charge on any atom is -0.493 e. The zero-order chi connectivity index (χ0) is 13.1. The average molecular weight is 274 g/mol. The third-order valence-corrected chi connectivity index (χ3v) is 4.04. The molecule has 0 bridgehead atoms. The summed E-state index contributed by atoms with van der Waals surface area (Å²) < 4.78 is 5.92. The Morgan fingerprint density at radius 2 is 2.42 bits per heavy atom. The number of aryl methyl sites for hydroxylation is 1. The Labute approximate surface area is 117 Å². The Morgan fingerprint density at radius 3 is 3.21 bits per heavy atom. The fraction of sp³-hybridized carbons (Fsp3) is 0.400. The van der Waals surface area contributed by atoms with Gasteiger partial charge in [0.2, 0.25) is 0 Å². The molecule has 4 heteroatoms. The van der Waals surface area contributed by atoms with E-state index in [4.69, 9.17) is 4.74 Å². The summed E-state index contributed by atoms with van der Waals surface area (Å²) in [6.07, 6.45) is 2.22. The van der Waals surface area contributed by atoms with Gasteiger partial charge in [-0.25, -0.2) is 4.98 Å². The number of hydrogen-bond donors (Lipinski definition) is 1. The van der Waals surface area contributed by atoms with Crippen LogP contribution in [-0.4, -0.2) is 18.1 Å². The summed E-state index contributed by atoms with van der Waals surface area (Å²) in [6, 6.07) is 6.57. The predicted octanol–water partition coefficient (Wildman–Crippen LogP) is 3.17. The minimum atomic E-state index is 0.129. The standard InChI is InChI=1S/C15H18N2OS/c1-2-16-14(13-9-19-10-17-13)12-7-3-5-11-6-4-8-18-15(11)12/h3,5,7,9-10,14,16H,2,4,6,8H2,1H3. The molecular weight excluding hydrogens is 256 g/mol. The van der Waals surface area contributed by atoms with Gasteiger partial charge in [-0.05, 0) is 24.9 Å². The molecule has 2 aromatic rings. The van der Waals surface area contributed by atoms with Crippen LogP contribution >= 0.6 is 11.3 Å². The zero-order valence-corrected chi connectivity index (χ0v) is 11.9. The van der Waals surface area contributed by atoms with E-state index in [2.05, 4.69) is 40.8 Å². The number of rotatable bonds is 4. The SMILES string of the molecule is CCNC(c1cscn1)c1cccc2c1OCCC2. The molecule has 1 atom stereocenters. The number of hydrogen-bond acceptors (Lipinski definition) is 4. The van der Waals surface area contributed by atoms with Gasteiger partial charge in [-0.15, -0.1) is 11.3 Å². The van der Waals surface area contributed by atoms with Crippen LogP contribution in [0.2, 0.25) is 0 Å². The maximum atomic E-state index is 5.92. The lowest BCUT2D eigenvalue weighted by atomic mass is 9.96. The Balaban J connectivity index is 2.03. The Morgan fingerprint density at radius 1 is 1.47 bits per heavy atom. The Kier molecular flexibility index (Phi) is 3.80. The summed E-state index contributed by atoms with van der Waals surface area (Å²) in [5, 5.41) is 5.62. The van der Waals surface area contributed by atoms with Gasteiger partial charge in [0.25, 0.3) is 0 Å². The third kappa shape index (κ3) is 2.51. The first-order valence-corrected chi connectivity index (χ1v) is 7.70. The fourth-order valence-corrected chi connectivity index (χ4v) is 3.16. The van der Waals surface area contributed by atoms with Gasteiger partial charge in [0, 0.05) is 10.9 Å². The summed E-state index contributed by atoms with van der Waals surface area (Å²) in [5.74, 6) is 1.06. The Hall–Kier alpha value is -1.39. The lowest BCUT2D eigenvalue weighted by molar-refractivity contribution is 0.283. The highest BCUT2D eigenvalue weighted by Gasteiger charge is 2.22. The van der Waals surface area contributed by atoms with Crippen molar-refractivity contribution in [2.45, 2.75) is 25.8 Å². The van der Waals surface area contributed by atoms with Gasteiger partial charge in [0.1, 0.15) is 5.75 Å². The highest BCUT2D eigenvalue weighted by Crippen LogP contribution is 2.35. The van der Waals surface area contributed by atoms with Crippen LogP contribution in [-0.2, 0) is 6.42 Å². The van der Waals surface area contributed by atoms with E-state index in [0.717, 1.165) is 37.4 Å². The molecule has 1 aromatic carbocycles. The molecule has 1 N–H and O–H groups in total. The maximum absolute atomic E-state index is 5.92. The molecule has 3 rings (SSSR count). The lowest BCUT2D eigenvalue weighted by Gasteiger charge is -2.24. The molecule has 2 heterocycles. The number of aromatic nitrogens is 1. The van der Waals surface area contributed by atoms with Crippen molar-refractivity contribution >= 4 is 11.3 Å². The largest absolute Gasteiger partial charge is 0.493 e. The first-order valence-electron chi connectivity index (χ1n) is 6.76. The molecule has 19 heavy (non-hydrogen) atoms. The van der Waals surface area contributed by atoms with E-state index < -0.39 is 0 Å². The number of benzene rings is 1. The number of para-hydroxylation sites is 1. The van der Waals surface area contributed by atoms with Gasteiger partial charge in [0.05, 0.1) is 23.9 Å². The van der Waals surface area contributed by atoms with Crippen molar-refractivity contribution < 1.29 is 4.74 Å². The molecule has 1 aromatic heterocycles. The summed E-state index contributed by atoms with van der Waals surface area (Å²) >= 11 is 1.63. The van der Waals surface area contributed by atoms with Crippen LogP contribution < -0.4 is 10.1 Å². The molecule has 0 radical (unpaired) electrons. The molecule has 0 saturated heterocycles. The second-order valence-corrected chi connectivity index (χ2v) is 5.41. The monoisotopic (exact) mass is 274 g/mol. The lowest BCUT2D eigenvalue weighted by Crippen LogP contribution is -2.24. The quantitative estimate of drug-likeness (QED) is 0.930. The molecule has 0 spiro atoms. The number of fused-ring (bicyclic) bond motifs is 1. The predicted molar refractivity (Wildman–Crippen MR) is 77.9 cm³/mol. The van der Waals surface area contributed by atoms with E-state index in [9.17, 15) is 0 Å². The van der Waals surface area contributed by atoms with Crippen LogP contribution in [0.1, 0.15) is 36.2 Å². The highest BCUT2D eigenvalue weighted by atomic mass is 32.1. The maximum Gasteiger partial charge on any atom is 0.127 e. The summed E-state index contributed by atoms with van der Waals surface area (Å²) in [5.41, 5.74) is 5.50. The van der Waals surface area contributed by atoms with Crippen molar-refractivity contribution in [3.05, 3.63) is 45.9 Å². The van der Waals surface area contributed by atoms with E-state index in [1.54, 1.807) is 11.3 Å². The van der Waals surface area contributed by atoms with E-state index in [-0.39, 0.29) is 6.04 Å². The minimum absolute atomic E-state index is 0.129. The molecule has 3 nitrogen and oxygen atoms in total. The van der Waals surface area contributed by atoms with Crippen LogP contribution in [0.5, 0.6) is 5.75 Å². The summed E-state index contributed by atoms with van der Waals surface area (Å²) in [6.45, 7) is 3.85. The van der Waals surface area contributed by atoms with Crippen LogP contribution in [0.4, 0.5) is 0 Å². The second kappa shape index (κ2) is 5.72. The van der Waals surface area contributed by atoms with Crippen molar-refractivity contribution in [1.29, 1.82) is 0 Å². The fourth-order valence-electron chi connectivity index (χ4n) is 2.58. The number of thiazole rings is 1. The average Bonchev–Trinajstić information content (AvgIpc) is 2.98. The molecule has 0 fully saturated rings. The molecule has 0 saturated carbocycles. The van der Waals surface area contributed by atoms with E-state index in [1.165, 1.54) is 11.1 Å². The number of nitrogens with one attached hydrogen (secondary N) is 1. The Bertz CT molecular complexity index is 539. The number of nitrogens with zero attached hydrogens (tertiary/aromatic N) is 1. The van der Waals surface area contributed by atoms with Gasteiger partial charge in [-0.3, -0.25) is 0 Å². The van der Waals surface area contributed by atoms with E-state index in [0.29, 0.717) is 0 Å². The van der Waals surface area contributed by atoms with Crippen LogP contribution in [0.25, 0.3) is 0 Å². The van der Waals surface area contributed by atoms with Crippen LogP contribution in [0.3, 0.4) is 0 Å². The molecule has 0 amide bonds. The second-order valence-electron chi connectivity index (χ2n) is 4.69. The topological polar surface area (TPSA) is 34.2 Å². The van der Waals surface area contributed by atoms with E-state index in [1.807, 2.05) is 5.51 Å².